The predicted molar refractivity (Wildman–Crippen MR) is 105 cm³/mol. The number of furan rings is 1. The van der Waals surface area contributed by atoms with Crippen LogP contribution in [-0.4, -0.2) is 30.8 Å². The van der Waals surface area contributed by atoms with Gasteiger partial charge in [0.25, 0.3) is 5.89 Å². The van der Waals surface area contributed by atoms with E-state index in [0.717, 1.165) is 18.4 Å². The first-order chi connectivity index (χ1) is 14.4. The molecule has 0 atom stereocenters. The predicted octanol–water partition coefficient (Wildman–Crippen LogP) is 3.65. The van der Waals surface area contributed by atoms with Crippen molar-refractivity contribution in [1.29, 1.82) is 5.26 Å². The first-order valence-electron chi connectivity index (χ1n) is 9.38. The van der Waals surface area contributed by atoms with Gasteiger partial charge in [0.05, 0.1) is 0 Å². The number of aromatic nitrogens is 1. The van der Waals surface area contributed by atoms with E-state index in [2.05, 4.69) is 10.3 Å². The third-order valence-electron chi connectivity index (χ3n) is 4.87. The average molecular weight is 430 g/mol. The molecule has 4 rings (SSSR count). The summed E-state index contributed by atoms with van der Waals surface area (Å²) in [6.45, 7) is 2.82. The number of nitrogens with one attached hydrogen (secondary N) is 1. The number of benzene rings is 1. The summed E-state index contributed by atoms with van der Waals surface area (Å²) in [5.74, 6) is 0.131. The number of sulfonamides is 1. The van der Waals surface area contributed by atoms with Gasteiger partial charge in [0, 0.05) is 25.7 Å². The maximum Gasteiger partial charge on any atom is 0.266 e. The highest BCUT2D eigenvalue weighted by Gasteiger charge is 2.32. The molecule has 0 spiro atoms. The number of aryl methyl sites for hydroxylation is 1. The first-order valence-corrected chi connectivity index (χ1v) is 10.8. The highest BCUT2D eigenvalue weighted by molar-refractivity contribution is 7.89. The standard InChI is InChI=1S/C20H19FN4O4S/c1-13-18(30(26,27)25-8-2-3-9-25)10-17(28-13)20-24-16(11-22)19(29-20)23-12-14-4-6-15(21)7-5-14/h4-7,10,23H,2-3,8-9,12H2,1H3. The summed E-state index contributed by atoms with van der Waals surface area (Å²) >= 11 is 0. The van der Waals surface area contributed by atoms with Gasteiger partial charge in [-0.2, -0.15) is 14.6 Å². The molecule has 0 bridgehead atoms. The first kappa shape index (κ1) is 20.1. The Labute approximate surface area is 173 Å². The van der Waals surface area contributed by atoms with Crippen LogP contribution in [-0.2, 0) is 16.6 Å². The zero-order valence-corrected chi connectivity index (χ0v) is 17.0. The van der Waals surface area contributed by atoms with Crippen LogP contribution in [0.2, 0.25) is 0 Å². The van der Waals surface area contributed by atoms with Crippen molar-refractivity contribution >= 4 is 15.9 Å². The fourth-order valence-corrected chi connectivity index (χ4v) is 4.98. The number of nitriles is 1. The Hall–Kier alpha value is -3.16. The SMILES string of the molecule is Cc1oc(-c2nc(C#N)c(NCc3ccc(F)cc3)o2)cc1S(=O)(=O)N1CCCC1. The monoisotopic (exact) mass is 430 g/mol. The van der Waals surface area contributed by atoms with E-state index in [1.54, 1.807) is 19.1 Å². The Bertz CT molecular complexity index is 1200. The van der Waals surface area contributed by atoms with E-state index in [9.17, 15) is 18.1 Å². The molecule has 0 unspecified atom stereocenters. The van der Waals surface area contributed by atoms with Crippen LogP contribution < -0.4 is 5.32 Å². The van der Waals surface area contributed by atoms with Gasteiger partial charge in [0.15, 0.2) is 5.76 Å². The molecule has 2 aromatic heterocycles. The van der Waals surface area contributed by atoms with E-state index in [1.165, 1.54) is 22.5 Å². The number of oxazole rings is 1. The molecule has 3 aromatic rings. The topological polar surface area (TPSA) is 112 Å². The summed E-state index contributed by atoms with van der Waals surface area (Å²) in [5.41, 5.74) is 0.788. The molecule has 0 aliphatic carbocycles. The number of nitrogens with zero attached hydrogens (tertiary/aromatic N) is 3. The van der Waals surface area contributed by atoms with Crippen LogP contribution in [0.4, 0.5) is 10.3 Å². The quantitative estimate of drug-likeness (QED) is 0.635. The maximum atomic E-state index is 13.0. The van der Waals surface area contributed by atoms with Gasteiger partial charge in [-0.3, -0.25) is 0 Å². The minimum Gasteiger partial charge on any atom is -0.455 e. The zero-order chi connectivity index (χ0) is 21.3. The normalized spacial score (nSPS) is 14.7. The van der Waals surface area contributed by atoms with Crippen molar-refractivity contribution < 1.29 is 21.6 Å². The molecule has 8 nitrogen and oxygen atoms in total. The fourth-order valence-electron chi connectivity index (χ4n) is 3.30. The maximum absolute atomic E-state index is 13.0. The molecule has 156 valence electrons. The lowest BCUT2D eigenvalue weighted by atomic mass is 10.2. The summed E-state index contributed by atoms with van der Waals surface area (Å²) < 4.78 is 51.3. The summed E-state index contributed by atoms with van der Waals surface area (Å²) in [4.78, 5) is 4.17. The van der Waals surface area contributed by atoms with E-state index in [-0.39, 0.29) is 46.2 Å². The summed E-state index contributed by atoms with van der Waals surface area (Å²) in [7, 11) is -3.66. The highest BCUT2D eigenvalue weighted by atomic mass is 32.2. The van der Waals surface area contributed by atoms with Crippen LogP contribution in [0, 0.1) is 24.1 Å². The van der Waals surface area contributed by atoms with Gasteiger partial charge in [-0.25, -0.2) is 12.8 Å². The van der Waals surface area contributed by atoms with Crippen molar-refractivity contribution in [2.45, 2.75) is 31.2 Å². The Kier molecular flexibility index (Phi) is 5.32. The number of halogens is 1. The van der Waals surface area contributed by atoms with Gasteiger partial charge < -0.3 is 14.2 Å². The molecule has 0 amide bonds. The smallest absolute Gasteiger partial charge is 0.266 e. The second-order valence-corrected chi connectivity index (χ2v) is 8.84. The van der Waals surface area contributed by atoms with E-state index in [4.69, 9.17) is 8.83 Å². The average Bonchev–Trinajstić information content (AvgIpc) is 3.47. The Morgan fingerprint density at radius 3 is 2.60 bits per heavy atom. The molecule has 1 aliphatic rings. The highest BCUT2D eigenvalue weighted by Crippen LogP contribution is 2.33. The second-order valence-electron chi connectivity index (χ2n) is 6.93. The molecular formula is C20H19FN4O4S. The Balaban J connectivity index is 1.59. The molecule has 30 heavy (non-hydrogen) atoms. The van der Waals surface area contributed by atoms with Gasteiger partial charge >= 0.3 is 0 Å². The van der Waals surface area contributed by atoms with E-state index < -0.39 is 10.0 Å². The lowest BCUT2D eigenvalue weighted by Crippen LogP contribution is -2.27. The van der Waals surface area contributed by atoms with E-state index in [1.807, 2.05) is 6.07 Å². The molecule has 1 fully saturated rings. The molecule has 1 aliphatic heterocycles. The minimum atomic E-state index is -3.66. The van der Waals surface area contributed by atoms with Gasteiger partial charge in [-0.15, -0.1) is 0 Å². The number of rotatable bonds is 6. The van der Waals surface area contributed by atoms with Gasteiger partial charge in [0.2, 0.25) is 21.6 Å². The fraction of sp³-hybridized carbons (Fsp3) is 0.300. The third-order valence-corrected chi connectivity index (χ3v) is 6.87. The molecule has 0 saturated carbocycles. The van der Waals surface area contributed by atoms with Gasteiger partial charge in [0.1, 0.15) is 22.5 Å². The van der Waals surface area contributed by atoms with Crippen LogP contribution in [0.25, 0.3) is 11.7 Å². The summed E-state index contributed by atoms with van der Waals surface area (Å²) in [6, 6.07) is 9.19. The summed E-state index contributed by atoms with van der Waals surface area (Å²) in [6.07, 6.45) is 1.66. The number of hydrogen-bond donors (Lipinski definition) is 1. The third kappa shape index (κ3) is 3.81. The number of anilines is 1. The molecule has 10 heteroatoms. The Morgan fingerprint density at radius 1 is 1.23 bits per heavy atom. The van der Waals surface area contributed by atoms with Crippen molar-refractivity contribution in [3.63, 3.8) is 0 Å². The lowest BCUT2D eigenvalue weighted by molar-refractivity contribution is 0.469. The van der Waals surface area contributed by atoms with Crippen molar-refractivity contribution in [2.75, 3.05) is 18.4 Å². The molecule has 1 aromatic carbocycles. The molecule has 1 N–H and O–H groups in total. The number of hydrogen-bond acceptors (Lipinski definition) is 7. The Morgan fingerprint density at radius 2 is 1.93 bits per heavy atom. The van der Waals surface area contributed by atoms with E-state index in [0.29, 0.717) is 13.1 Å². The molecule has 3 heterocycles. The molecular weight excluding hydrogens is 411 g/mol. The second kappa shape index (κ2) is 7.93. The van der Waals surface area contributed by atoms with Crippen LogP contribution in [0.5, 0.6) is 0 Å². The largest absolute Gasteiger partial charge is 0.455 e. The van der Waals surface area contributed by atoms with Gasteiger partial charge in [-0.1, -0.05) is 12.1 Å². The van der Waals surface area contributed by atoms with Crippen LogP contribution in [0.15, 0.2) is 44.1 Å². The van der Waals surface area contributed by atoms with Crippen LogP contribution >= 0.6 is 0 Å². The van der Waals surface area contributed by atoms with Crippen molar-refractivity contribution in [3.05, 3.63) is 53.2 Å². The summed E-state index contributed by atoms with van der Waals surface area (Å²) in [5, 5.41) is 12.3. The van der Waals surface area contributed by atoms with Gasteiger partial charge in [-0.05, 0) is 37.5 Å². The van der Waals surface area contributed by atoms with Crippen LogP contribution in [0.1, 0.15) is 29.9 Å². The van der Waals surface area contributed by atoms with Crippen molar-refractivity contribution in [1.82, 2.24) is 9.29 Å². The van der Waals surface area contributed by atoms with Crippen molar-refractivity contribution in [3.8, 4) is 17.7 Å². The van der Waals surface area contributed by atoms with E-state index >= 15 is 0 Å². The molecule has 0 radical (unpaired) electrons. The zero-order valence-electron chi connectivity index (χ0n) is 16.2. The molecule has 1 saturated heterocycles. The minimum absolute atomic E-state index is 0.000807. The van der Waals surface area contributed by atoms with Crippen LogP contribution in [0.3, 0.4) is 0 Å². The van der Waals surface area contributed by atoms with Crippen molar-refractivity contribution in [2.24, 2.45) is 0 Å². The lowest BCUT2D eigenvalue weighted by Gasteiger charge is -2.14.